The van der Waals surface area contributed by atoms with Crippen LogP contribution in [0.1, 0.15) is 32.8 Å². The van der Waals surface area contributed by atoms with Gasteiger partial charge in [-0.3, -0.25) is 9.69 Å². The smallest absolute Gasteiger partial charge is 0.411 e. The lowest BCUT2D eigenvalue weighted by Gasteiger charge is -2.33. The molecule has 11 nitrogen and oxygen atoms in total. The van der Waals surface area contributed by atoms with E-state index in [4.69, 9.17) is 4.74 Å². The highest BCUT2D eigenvalue weighted by atomic mass is 32.2. The van der Waals surface area contributed by atoms with Crippen LogP contribution in [0.4, 0.5) is 14.0 Å². The molecule has 0 spiro atoms. The number of nitrogens with zero attached hydrogens (tertiary/aromatic N) is 3. The molecule has 1 atom stereocenters. The fourth-order valence-corrected chi connectivity index (χ4v) is 5.98. The summed E-state index contributed by atoms with van der Waals surface area (Å²) < 4.78 is 46.5. The number of fused-ring (bicyclic) bond motifs is 1. The largest absolute Gasteiger partial charge is 0.465 e. The number of carbonyl (C=O) groups excluding carboxylic acids is 2. The normalized spacial score (nSPS) is 20.2. The Kier molecular flexibility index (Phi) is 7.84. The summed E-state index contributed by atoms with van der Waals surface area (Å²) in [7, 11) is -3.97. The van der Waals surface area contributed by atoms with Crippen LogP contribution in [-0.4, -0.2) is 90.1 Å². The summed E-state index contributed by atoms with van der Waals surface area (Å²) in [5.41, 5.74) is 1.15. The van der Waals surface area contributed by atoms with Crippen molar-refractivity contribution in [3.05, 3.63) is 59.6 Å². The second-order valence-corrected chi connectivity index (χ2v) is 12.3. The standard InChI is InChI=1S/C26H31FN4O7S/c1-26(2,3)38-24(33)28-10-11-29-12-13-30(16-23(29)32)39(36,37)19-7-4-17(5-8-19)21-15-31(25(34)35)22-14-18(27)6-9-20(21)22/h4-9,15,22H,10-14,16H2,1-3H3,(H,28,33)(H,34,35). The van der Waals surface area contributed by atoms with Gasteiger partial charge in [-0.2, -0.15) is 4.31 Å². The lowest BCUT2D eigenvalue weighted by molar-refractivity contribution is -0.134. The van der Waals surface area contributed by atoms with E-state index in [9.17, 15) is 32.3 Å². The molecule has 1 unspecified atom stereocenters. The Balaban J connectivity index is 1.40. The maximum absolute atomic E-state index is 13.8. The first-order valence-electron chi connectivity index (χ1n) is 12.4. The average molecular weight is 563 g/mol. The Morgan fingerprint density at radius 1 is 1.15 bits per heavy atom. The van der Waals surface area contributed by atoms with Gasteiger partial charge in [0.1, 0.15) is 11.4 Å². The SMILES string of the molecule is CC(C)(C)OC(=O)NCCN1CCN(S(=O)(=O)c2ccc(C3=CN(C(=O)O)C4CC(F)=CC=C34)cc2)CC1=O. The number of allylic oxidation sites excluding steroid dienone is 2. The molecule has 39 heavy (non-hydrogen) atoms. The van der Waals surface area contributed by atoms with Crippen LogP contribution < -0.4 is 5.32 Å². The molecule has 13 heteroatoms. The number of halogens is 1. The van der Waals surface area contributed by atoms with Gasteiger partial charge in [0, 0.05) is 44.4 Å². The van der Waals surface area contributed by atoms with Gasteiger partial charge in [0.2, 0.25) is 15.9 Å². The molecule has 0 aromatic heterocycles. The molecule has 2 heterocycles. The maximum Gasteiger partial charge on any atom is 0.411 e. The summed E-state index contributed by atoms with van der Waals surface area (Å²) in [5.74, 6) is -0.798. The first kappa shape index (κ1) is 28.3. The van der Waals surface area contributed by atoms with E-state index in [1.165, 1.54) is 35.4 Å². The van der Waals surface area contributed by atoms with Crippen LogP contribution in [0.2, 0.25) is 0 Å². The number of alkyl carbamates (subject to hydrolysis) is 1. The second-order valence-electron chi connectivity index (χ2n) is 10.4. The first-order chi connectivity index (χ1) is 18.3. The van der Waals surface area contributed by atoms with Gasteiger partial charge >= 0.3 is 12.2 Å². The number of nitrogens with one attached hydrogen (secondary N) is 1. The van der Waals surface area contributed by atoms with Crippen molar-refractivity contribution in [1.82, 2.24) is 19.4 Å². The molecule has 1 fully saturated rings. The van der Waals surface area contributed by atoms with Gasteiger partial charge in [-0.25, -0.2) is 22.4 Å². The molecule has 1 aromatic carbocycles. The highest BCUT2D eigenvalue weighted by molar-refractivity contribution is 7.89. The van der Waals surface area contributed by atoms with E-state index in [1.54, 1.807) is 32.9 Å². The zero-order valence-electron chi connectivity index (χ0n) is 21.9. The monoisotopic (exact) mass is 562 g/mol. The van der Waals surface area contributed by atoms with E-state index in [2.05, 4.69) is 5.32 Å². The van der Waals surface area contributed by atoms with Crippen molar-refractivity contribution in [2.75, 3.05) is 32.7 Å². The van der Waals surface area contributed by atoms with Crippen molar-refractivity contribution < 1.29 is 37.0 Å². The van der Waals surface area contributed by atoms with Crippen LogP contribution in [0, 0.1) is 0 Å². The van der Waals surface area contributed by atoms with Gasteiger partial charge in [-0.15, -0.1) is 0 Å². The van der Waals surface area contributed by atoms with Crippen LogP contribution in [0.15, 0.2) is 58.9 Å². The third-order valence-electron chi connectivity index (χ3n) is 6.46. The fourth-order valence-electron chi connectivity index (χ4n) is 4.60. The predicted octanol–water partition coefficient (Wildman–Crippen LogP) is 2.93. The van der Waals surface area contributed by atoms with Crippen LogP contribution in [0.5, 0.6) is 0 Å². The van der Waals surface area contributed by atoms with Gasteiger partial charge in [-0.05, 0) is 50.1 Å². The molecule has 0 bridgehead atoms. The molecular weight excluding hydrogens is 531 g/mol. The minimum atomic E-state index is -3.97. The summed E-state index contributed by atoms with van der Waals surface area (Å²) in [4.78, 5) is 38.6. The van der Waals surface area contributed by atoms with Crippen LogP contribution in [-0.2, 0) is 19.6 Å². The Hall–Kier alpha value is -3.71. The average Bonchev–Trinajstić information content (AvgIpc) is 3.23. The van der Waals surface area contributed by atoms with E-state index in [0.717, 1.165) is 9.21 Å². The summed E-state index contributed by atoms with van der Waals surface area (Å²) in [5, 5.41) is 12.1. The lowest BCUT2D eigenvalue weighted by atomic mass is 9.91. The Morgan fingerprint density at radius 2 is 1.85 bits per heavy atom. The van der Waals surface area contributed by atoms with Crippen LogP contribution in [0.3, 0.4) is 0 Å². The number of hydrogen-bond donors (Lipinski definition) is 2. The van der Waals surface area contributed by atoms with Crippen molar-refractivity contribution in [1.29, 1.82) is 0 Å². The minimum Gasteiger partial charge on any atom is -0.465 e. The van der Waals surface area contributed by atoms with Gasteiger partial charge in [-0.1, -0.05) is 18.2 Å². The number of carboxylic acid groups (broad SMARTS) is 1. The summed E-state index contributed by atoms with van der Waals surface area (Å²) in [6, 6.07) is 5.28. The summed E-state index contributed by atoms with van der Waals surface area (Å²) >= 11 is 0. The Labute approximate surface area is 226 Å². The summed E-state index contributed by atoms with van der Waals surface area (Å²) in [6.45, 7) is 5.55. The van der Waals surface area contributed by atoms with Crippen molar-refractivity contribution in [2.45, 2.75) is 43.7 Å². The molecule has 2 N–H and O–H groups in total. The molecule has 3 amide bonds. The number of carbonyl (C=O) groups is 3. The van der Waals surface area contributed by atoms with E-state index >= 15 is 0 Å². The van der Waals surface area contributed by atoms with E-state index in [1.807, 2.05) is 0 Å². The first-order valence-corrected chi connectivity index (χ1v) is 13.9. The Morgan fingerprint density at radius 3 is 2.46 bits per heavy atom. The molecule has 1 aromatic rings. The van der Waals surface area contributed by atoms with Crippen molar-refractivity contribution >= 4 is 33.7 Å². The number of rotatable bonds is 6. The molecule has 4 rings (SSSR count). The molecule has 210 valence electrons. The molecule has 1 aliphatic carbocycles. The molecule has 3 aliphatic rings. The van der Waals surface area contributed by atoms with Crippen LogP contribution in [0.25, 0.3) is 5.57 Å². The minimum absolute atomic E-state index is 0.00658. The molecule has 0 radical (unpaired) electrons. The van der Waals surface area contributed by atoms with Gasteiger partial charge < -0.3 is 20.1 Å². The summed E-state index contributed by atoms with van der Waals surface area (Å²) in [6.07, 6.45) is 2.39. The Bertz CT molecular complexity index is 1360. The zero-order valence-corrected chi connectivity index (χ0v) is 22.7. The van der Waals surface area contributed by atoms with E-state index in [-0.39, 0.29) is 49.9 Å². The number of ether oxygens (including phenoxy) is 1. The number of benzene rings is 1. The maximum atomic E-state index is 13.8. The second kappa shape index (κ2) is 10.8. The predicted molar refractivity (Wildman–Crippen MR) is 140 cm³/mol. The third kappa shape index (κ3) is 6.31. The highest BCUT2D eigenvalue weighted by Crippen LogP contribution is 2.40. The number of sulfonamides is 1. The molecule has 0 saturated carbocycles. The topological polar surface area (TPSA) is 137 Å². The number of amides is 3. The van der Waals surface area contributed by atoms with Gasteiger partial charge in [0.25, 0.3) is 0 Å². The molecule has 2 aliphatic heterocycles. The molecular formula is C26H31FN4O7S. The lowest BCUT2D eigenvalue weighted by Crippen LogP contribution is -2.53. The van der Waals surface area contributed by atoms with Crippen molar-refractivity contribution in [3.63, 3.8) is 0 Å². The highest BCUT2D eigenvalue weighted by Gasteiger charge is 2.37. The van der Waals surface area contributed by atoms with E-state index in [0.29, 0.717) is 16.7 Å². The van der Waals surface area contributed by atoms with Gasteiger partial charge in [0.15, 0.2) is 0 Å². The molecule has 1 saturated heterocycles. The quantitative estimate of drug-likeness (QED) is 0.544. The van der Waals surface area contributed by atoms with Crippen molar-refractivity contribution in [3.8, 4) is 0 Å². The fraction of sp³-hybridized carbons (Fsp3) is 0.423. The van der Waals surface area contributed by atoms with Crippen LogP contribution >= 0.6 is 0 Å². The zero-order chi connectivity index (χ0) is 28.5. The third-order valence-corrected chi connectivity index (χ3v) is 8.32. The van der Waals surface area contributed by atoms with Crippen molar-refractivity contribution in [2.24, 2.45) is 0 Å². The van der Waals surface area contributed by atoms with Gasteiger partial charge in [0.05, 0.1) is 17.5 Å². The number of hydrogen-bond acceptors (Lipinski definition) is 6. The number of piperazine rings is 1. The van der Waals surface area contributed by atoms with E-state index < -0.39 is 39.7 Å².